The third-order valence-corrected chi connectivity index (χ3v) is 6.08. The molecule has 0 aliphatic carbocycles. The van der Waals surface area contributed by atoms with Gasteiger partial charge >= 0.3 is 0 Å². The maximum Gasteiger partial charge on any atom is 0.263 e. The van der Waals surface area contributed by atoms with Gasteiger partial charge in [-0.15, -0.1) is 5.10 Å². The SMILES string of the molecule is CC1CCCN(S(=O)(=O)c2c(Br)nnn2C)CC1. The molecule has 18 heavy (non-hydrogen) atoms. The predicted molar refractivity (Wildman–Crippen MR) is 70.5 cm³/mol. The van der Waals surface area contributed by atoms with E-state index < -0.39 is 10.0 Å². The van der Waals surface area contributed by atoms with Crippen molar-refractivity contribution < 1.29 is 8.42 Å². The van der Waals surface area contributed by atoms with Crippen LogP contribution in [0.4, 0.5) is 0 Å². The van der Waals surface area contributed by atoms with Gasteiger partial charge in [0.15, 0.2) is 4.60 Å². The molecule has 0 N–H and O–H groups in total. The van der Waals surface area contributed by atoms with Crippen molar-refractivity contribution >= 4 is 26.0 Å². The number of hydrogen-bond donors (Lipinski definition) is 0. The second-order valence-electron chi connectivity index (χ2n) is 4.75. The van der Waals surface area contributed by atoms with E-state index in [1.54, 1.807) is 11.4 Å². The highest BCUT2D eigenvalue weighted by atomic mass is 79.9. The molecule has 0 amide bonds. The average Bonchev–Trinajstić information content (AvgIpc) is 2.51. The topological polar surface area (TPSA) is 68.1 Å². The van der Waals surface area contributed by atoms with Crippen LogP contribution in [0.2, 0.25) is 0 Å². The fourth-order valence-corrected chi connectivity index (χ4v) is 4.72. The van der Waals surface area contributed by atoms with Gasteiger partial charge in [0.2, 0.25) is 5.03 Å². The van der Waals surface area contributed by atoms with Crippen molar-refractivity contribution in [2.45, 2.75) is 31.2 Å². The van der Waals surface area contributed by atoms with Crippen molar-refractivity contribution in [3.05, 3.63) is 4.60 Å². The molecular formula is C10H17BrN4O2S. The van der Waals surface area contributed by atoms with Crippen LogP contribution in [0.1, 0.15) is 26.2 Å². The lowest BCUT2D eigenvalue weighted by Crippen LogP contribution is -2.33. The van der Waals surface area contributed by atoms with E-state index in [0.717, 1.165) is 19.3 Å². The summed E-state index contributed by atoms with van der Waals surface area (Å²) in [5.41, 5.74) is 0. The van der Waals surface area contributed by atoms with Gasteiger partial charge in [-0.05, 0) is 41.1 Å². The number of aromatic nitrogens is 3. The highest BCUT2D eigenvalue weighted by Crippen LogP contribution is 2.25. The van der Waals surface area contributed by atoms with E-state index in [2.05, 4.69) is 33.2 Å². The quantitative estimate of drug-likeness (QED) is 0.818. The van der Waals surface area contributed by atoms with Crippen molar-refractivity contribution in [2.75, 3.05) is 13.1 Å². The van der Waals surface area contributed by atoms with Crippen molar-refractivity contribution in [1.29, 1.82) is 0 Å². The van der Waals surface area contributed by atoms with Crippen LogP contribution in [-0.2, 0) is 17.1 Å². The van der Waals surface area contributed by atoms with E-state index in [1.807, 2.05) is 0 Å². The summed E-state index contributed by atoms with van der Waals surface area (Å²) >= 11 is 3.15. The predicted octanol–water partition coefficient (Wildman–Crippen LogP) is 1.39. The van der Waals surface area contributed by atoms with Gasteiger partial charge in [0.05, 0.1) is 0 Å². The molecule has 1 atom stereocenters. The molecule has 0 spiro atoms. The van der Waals surface area contributed by atoms with Gasteiger partial charge in [0.25, 0.3) is 10.0 Å². The second kappa shape index (κ2) is 5.26. The number of aryl methyl sites for hydroxylation is 1. The van der Waals surface area contributed by atoms with E-state index >= 15 is 0 Å². The average molecular weight is 337 g/mol. The van der Waals surface area contributed by atoms with Crippen LogP contribution in [0.25, 0.3) is 0 Å². The van der Waals surface area contributed by atoms with E-state index in [1.165, 1.54) is 4.68 Å². The number of rotatable bonds is 2. The Morgan fingerprint density at radius 1 is 1.33 bits per heavy atom. The summed E-state index contributed by atoms with van der Waals surface area (Å²) in [6, 6.07) is 0. The molecule has 2 rings (SSSR count). The molecule has 1 saturated heterocycles. The third-order valence-electron chi connectivity index (χ3n) is 3.30. The number of hydrogen-bond acceptors (Lipinski definition) is 4. The van der Waals surface area contributed by atoms with Crippen molar-refractivity contribution in [1.82, 2.24) is 19.3 Å². The Labute approximate surface area is 116 Å². The maximum atomic E-state index is 12.5. The molecule has 1 aliphatic heterocycles. The standard InChI is InChI=1S/C10H17BrN4O2S/c1-8-4-3-6-15(7-5-8)18(16,17)10-9(11)12-13-14(10)2/h8H,3-7H2,1-2H3. The summed E-state index contributed by atoms with van der Waals surface area (Å²) in [6.07, 6.45) is 2.89. The summed E-state index contributed by atoms with van der Waals surface area (Å²) in [7, 11) is -1.91. The second-order valence-corrected chi connectivity index (χ2v) is 7.35. The molecular weight excluding hydrogens is 320 g/mol. The Kier molecular flexibility index (Phi) is 4.08. The highest BCUT2D eigenvalue weighted by Gasteiger charge is 2.31. The van der Waals surface area contributed by atoms with Gasteiger partial charge in [0, 0.05) is 20.1 Å². The Bertz CT molecular complexity index is 508. The molecule has 1 aromatic heterocycles. The Hall–Kier alpha value is -0.470. The van der Waals surface area contributed by atoms with Gasteiger partial charge in [0.1, 0.15) is 0 Å². The number of nitrogens with zero attached hydrogens (tertiary/aromatic N) is 4. The first-order chi connectivity index (χ1) is 8.43. The lowest BCUT2D eigenvalue weighted by atomic mass is 10.0. The molecule has 6 nitrogen and oxygen atoms in total. The number of halogens is 1. The first-order valence-corrected chi connectivity index (χ1v) is 8.21. The summed E-state index contributed by atoms with van der Waals surface area (Å²) < 4.78 is 28.2. The Morgan fingerprint density at radius 2 is 2.06 bits per heavy atom. The van der Waals surface area contributed by atoms with Crippen LogP contribution >= 0.6 is 15.9 Å². The van der Waals surface area contributed by atoms with Gasteiger partial charge < -0.3 is 0 Å². The van der Waals surface area contributed by atoms with Crippen molar-refractivity contribution in [3.63, 3.8) is 0 Å². The number of sulfonamides is 1. The summed E-state index contributed by atoms with van der Waals surface area (Å²) in [4.78, 5) is 0. The zero-order valence-electron chi connectivity index (χ0n) is 10.5. The minimum absolute atomic E-state index is 0.136. The van der Waals surface area contributed by atoms with Crippen LogP contribution in [-0.4, -0.2) is 40.8 Å². The van der Waals surface area contributed by atoms with Crippen molar-refractivity contribution in [2.24, 2.45) is 13.0 Å². The molecule has 0 radical (unpaired) electrons. The van der Waals surface area contributed by atoms with E-state index in [0.29, 0.717) is 19.0 Å². The normalized spacial score (nSPS) is 22.9. The van der Waals surface area contributed by atoms with Gasteiger partial charge in [-0.1, -0.05) is 12.1 Å². The zero-order valence-corrected chi connectivity index (χ0v) is 12.9. The summed E-state index contributed by atoms with van der Waals surface area (Å²) in [5.74, 6) is 0.582. The zero-order chi connectivity index (χ0) is 13.3. The molecule has 0 aromatic carbocycles. The Balaban J connectivity index is 2.31. The molecule has 1 fully saturated rings. The van der Waals surface area contributed by atoms with E-state index in [4.69, 9.17) is 0 Å². The molecule has 1 aromatic rings. The molecule has 102 valence electrons. The lowest BCUT2D eigenvalue weighted by molar-refractivity contribution is 0.410. The molecule has 0 saturated carbocycles. The fraction of sp³-hybridized carbons (Fsp3) is 0.800. The van der Waals surface area contributed by atoms with E-state index in [9.17, 15) is 8.42 Å². The van der Waals surface area contributed by atoms with Crippen LogP contribution in [0.3, 0.4) is 0 Å². The first kappa shape index (κ1) is 14.0. The van der Waals surface area contributed by atoms with Gasteiger partial charge in [-0.3, -0.25) is 0 Å². The molecule has 1 unspecified atom stereocenters. The van der Waals surface area contributed by atoms with Crippen LogP contribution in [0.15, 0.2) is 9.63 Å². The summed E-state index contributed by atoms with van der Waals surface area (Å²) in [5, 5.41) is 7.61. The lowest BCUT2D eigenvalue weighted by Gasteiger charge is -2.19. The smallest absolute Gasteiger partial charge is 0.235 e. The molecule has 1 aliphatic rings. The Morgan fingerprint density at radius 3 is 2.67 bits per heavy atom. The summed E-state index contributed by atoms with van der Waals surface area (Å²) in [6.45, 7) is 3.31. The first-order valence-electron chi connectivity index (χ1n) is 5.98. The monoisotopic (exact) mass is 336 g/mol. The van der Waals surface area contributed by atoms with E-state index in [-0.39, 0.29) is 9.63 Å². The maximum absolute atomic E-state index is 12.5. The van der Waals surface area contributed by atoms with Crippen molar-refractivity contribution in [3.8, 4) is 0 Å². The largest absolute Gasteiger partial charge is 0.263 e. The highest BCUT2D eigenvalue weighted by molar-refractivity contribution is 9.10. The fourth-order valence-electron chi connectivity index (χ4n) is 2.20. The van der Waals surface area contributed by atoms with Gasteiger partial charge in [-0.25, -0.2) is 13.1 Å². The molecule has 8 heteroatoms. The molecule has 0 bridgehead atoms. The van der Waals surface area contributed by atoms with Crippen LogP contribution in [0.5, 0.6) is 0 Å². The minimum atomic E-state index is -3.50. The van der Waals surface area contributed by atoms with Gasteiger partial charge in [-0.2, -0.15) is 4.31 Å². The van der Waals surface area contributed by atoms with Crippen LogP contribution in [0, 0.1) is 5.92 Å². The molecule has 2 heterocycles. The van der Waals surface area contributed by atoms with Crippen LogP contribution < -0.4 is 0 Å². The third kappa shape index (κ3) is 2.60. The minimum Gasteiger partial charge on any atom is -0.235 e.